The van der Waals surface area contributed by atoms with Crippen LogP contribution in [0.1, 0.15) is 43.9 Å². The molecule has 0 saturated heterocycles. The lowest BCUT2D eigenvalue weighted by atomic mass is 10.1. The van der Waals surface area contributed by atoms with Crippen LogP contribution in [0.4, 0.5) is 4.79 Å². The highest BCUT2D eigenvalue weighted by Gasteiger charge is 2.21. The lowest BCUT2D eigenvalue weighted by molar-refractivity contribution is -0.144. The largest absolute Gasteiger partial charge is 0.489 e. The van der Waals surface area contributed by atoms with Crippen molar-refractivity contribution in [2.75, 3.05) is 12.8 Å². The SMILES string of the molecule is CC(C)(C)OC(=O)NC(CO[PH](=O)CCC(=O)OCc1ccccc1)Cc1ccc(OCc2ccccc2)cc1. The molecule has 0 fully saturated rings. The third-order valence-corrected chi connectivity index (χ3v) is 6.74. The number of esters is 1. The summed E-state index contributed by atoms with van der Waals surface area (Å²) in [7, 11) is -2.53. The summed E-state index contributed by atoms with van der Waals surface area (Å²) in [6, 6.07) is 26.3. The Morgan fingerprint density at radius 2 is 1.43 bits per heavy atom. The number of ether oxygens (including phenoxy) is 3. The maximum absolute atomic E-state index is 12.5. The quantitative estimate of drug-likeness (QED) is 0.180. The van der Waals surface area contributed by atoms with Crippen molar-refractivity contribution in [1.29, 1.82) is 0 Å². The normalized spacial score (nSPS) is 12.7. The highest BCUT2D eigenvalue weighted by Crippen LogP contribution is 2.24. The van der Waals surface area contributed by atoms with Gasteiger partial charge in [-0.3, -0.25) is 9.36 Å². The Morgan fingerprint density at radius 3 is 2.02 bits per heavy atom. The van der Waals surface area contributed by atoms with Gasteiger partial charge in [0.25, 0.3) is 0 Å². The summed E-state index contributed by atoms with van der Waals surface area (Å²) in [6.45, 7) is 5.97. The molecule has 3 aromatic carbocycles. The van der Waals surface area contributed by atoms with E-state index in [1.807, 2.05) is 84.9 Å². The molecule has 0 bridgehead atoms. The van der Waals surface area contributed by atoms with Crippen molar-refractivity contribution < 1.29 is 32.9 Å². The molecule has 0 spiro atoms. The number of amides is 1. The summed E-state index contributed by atoms with van der Waals surface area (Å²) in [5.74, 6) is 0.286. The molecular weight excluding hydrogens is 529 g/mol. The number of nitrogens with one attached hydrogen (secondary N) is 1. The van der Waals surface area contributed by atoms with Crippen molar-refractivity contribution in [2.45, 2.75) is 58.5 Å². The molecule has 2 atom stereocenters. The van der Waals surface area contributed by atoms with Gasteiger partial charge in [0.15, 0.2) is 8.03 Å². The molecular formula is C31H38NO7P. The second-order valence-electron chi connectivity index (χ2n) is 10.3. The minimum atomic E-state index is -2.53. The molecule has 1 N–H and O–H groups in total. The number of benzene rings is 3. The van der Waals surface area contributed by atoms with Crippen LogP contribution in [0.25, 0.3) is 0 Å². The zero-order chi connectivity index (χ0) is 28.8. The molecule has 0 aromatic heterocycles. The molecule has 3 aromatic rings. The van der Waals surface area contributed by atoms with E-state index in [1.54, 1.807) is 20.8 Å². The number of carbonyl (C=O) groups excluding carboxylic acids is 2. The summed E-state index contributed by atoms with van der Waals surface area (Å²) in [5, 5.41) is 2.81. The van der Waals surface area contributed by atoms with E-state index >= 15 is 0 Å². The van der Waals surface area contributed by atoms with Gasteiger partial charge >= 0.3 is 12.1 Å². The van der Waals surface area contributed by atoms with Crippen LogP contribution in [0, 0.1) is 0 Å². The van der Waals surface area contributed by atoms with Crippen molar-refractivity contribution in [2.24, 2.45) is 0 Å². The molecule has 0 aliphatic carbocycles. The maximum Gasteiger partial charge on any atom is 0.407 e. The number of alkyl carbamates (subject to hydrolysis) is 1. The van der Waals surface area contributed by atoms with Gasteiger partial charge in [0, 0.05) is 6.16 Å². The molecule has 40 heavy (non-hydrogen) atoms. The van der Waals surface area contributed by atoms with Crippen LogP contribution in [0.5, 0.6) is 5.75 Å². The Balaban J connectivity index is 1.49. The molecule has 8 nitrogen and oxygen atoms in total. The molecule has 0 saturated carbocycles. The summed E-state index contributed by atoms with van der Waals surface area (Å²) in [5.41, 5.74) is 2.22. The third kappa shape index (κ3) is 12.5. The summed E-state index contributed by atoms with van der Waals surface area (Å²) < 4.78 is 34.6. The Morgan fingerprint density at radius 1 is 0.825 bits per heavy atom. The summed E-state index contributed by atoms with van der Waals surface area (Å²) in [4.78, 5) is 24.5. The first-order valence-electron chi connectivity index (χ1n) is 13.3. The summed E-state index contributed by atoms with van der Waals surface area (Å²) >= 11 is 0. The maximum atomic E-state index is 12.5. The molecule has 0 aliphatic heterocycles. The van der Waals surface area contributed by atoms with Crippen molar-refractivity contribution in [1.82, 2.24) is 5.32 Å². The fourth-order valence-corrected chi connectivity index (χ4v) is 4.59. The predicted octanol–water partition coefficient (Wildman–Crippen LogP) is 6.33. The van der Waals surface area contributed by atoms with E-state index in [1.165, 1.54) is 0 Å². The monoisotopic (exact) mass is 567 g/mol. The van der Waals surface area contributed by atoms with Crippen molar-refractivity contribution in [3.8, 4) is 5.75 Å². The second-order valence-corrected chi connectivity index (χ2v) is 11.8. The van der Waals surface area contributed by atoms with Crippen LogP contribution >= 0.6 is 8.03 Å². The second kappa shape index (κ2) is 15.8. The van der Waals surface area contributed by atoms with Crippen molar-refractivity contribution in [3.05, 3.63) is 102 Å². The van der Waals surface area contributed by atoms with E-state index in [9.17, 15) is 14.2 Å². The molecule has 2 unspecified atom stereocenters. The van der Waals surface area contributed by atoms with Gasteiger partial charge in [-0.1, -0.05) is 72.8 Å². The smallest absolute Gasteiger partial charge is 0.407 e. The topological polar surface area (TPSA) is 100 Å². The number of hydrogen-bond donors (Lipinski definition) is 1. The van der Waals surface area contributed by atoms with Crippen LogP contribution in [-0.2, 0) is 43.0 Å². The van der Waals surface area contributed by atoms with E-state index < -0.39 is 31.7 Å². The first-order chi connectivity index (χ1) is 19.2. The average Bonchev–Trinajstić information content (AvgIpc) is 2.93. The highest BCUT2D eigenvalue weighted by atomic mass is 31.1. The lowest BCUT2D eigenvalue weighted by Gasteiger charge is -2.24. The number of carbonyl (C=O) groups is 2. The van der Waals surface area contributed by atoms with Crippen LogP contribution in [0.2, 0.25) is 0 Å². The molecule has 9 heteroatoms. The molecule has 214 valence electrons. The van der Waals surface area contributed by atoms with Gasteiger partial charge in [0.05, 0.1) is 19.1 Å². The lowest BCUT2D eigenvalue weighted by Crippen LogP contribution is -2.42. The standard InChI is InChI=1S/C31H38NO7P/c1-31(2,3)39-30(34)32-27(20-24-14-16-28(17-15-24)36-21-25-10-6-4-7-11-25)23-38-40(35)19-18-29(33)37-22-26-12-8-5-9-13-26/h4-17,27,40H,18-23H2,1-3H3,(H,32,34). The predicted molar refractivity (Wildman–Crippen MR) is 155 cm³/mol. The summed E-state index contributed by atoms with van der Waals surface area (Å²) in [6.07, 6.45) is -0.121. The van der Waals surface area contributed by atoms with Crippen molar-refractivity contribution >= 4 is 20.1 Å². The van der Waals surface area contributed by atoms with Gasteiger partial charge in [-0.2, -0.15) is 0 Å². The Hall–Kier alpha value is -3.61. The van der Waals surface area contributed by atoms with Crippen molar-refractivity contribution in [3.63, 3.8) is 0 Å². The van der Waals surface area contributed by atoms with E-state index in [0.29, 0.717) is 13.0 Å². The van der Waals surface area contributed by atoms with E-state index in [2.05, 4.69) is 5.32 Å². The minimum Gasteiger partial charge on any atom is -0.489 e. The molecule has 0 radical (unpaired) electrons. The fourth-order valence-electron chi connectivity index (χ4n) is 3.65. The first kappa shape index (κ1) is 30.9. The molecule has 0 aliphatic rings. The van der Waals surface area contributed by atoms with Gasteiger partial charge < -0.3 is 24.1 Å². The van der Waals surface area contributed by atoms with Crippen LogP contribution in [0.3, 0.4) is 0 Å². The fraction of sp³-hybridized carbons (Fsp3) is 0.355. The Kier molecular flexibility index (Phi) is 12.3. The van der Waals surface area contributed by atoms with E-state index in [4.69, 9.17) is 18.7 Å². The molecule has 3 rings (SSSR count). The van der Waals surface area contributed by atoms with Gasteiger partial charge in [0.2, 0.25) is 0 Å². The van der Waals surface area contributed by atoms with Gasteiger partial charge in [-0.25, -0.2) is 4.79 Å². The number of rotatable bonds is 14. The van der Waals surface area contributed by atoms with Gasteiger partial charge in [0.1, 0.15) is 24.6 Å². The van der Waals surface area contributed by atoms with E-state index in [-0.39, 0.29) is 25.8 Å². The van der Waals surface area contributed by atoms with Gasteiger partial charge in [-0.15, -0.1) is 0 Å². The Bertz CT molecular complexity index is 1210. The zero-order valence-electron chi connectivity index (χ0n) is 23.3. The molecule has 0 heterocycles. The van der Waals surface area contributed by atoms with Crippen LogP contribution in [-0.4, -0.2) is 36.5 Å². The Labute approximate surface area is 236 Å². The van der Waals surface area contributed by atoms with Crippen LogP contribution in [0.15, 0.2) is 84.9 Å². The van der Waals surface area contributed by atoms with E-state index in [0.717, 1.165) is 22.4 Å². The van der Waals surface area contributed by atoms with Crippen LogP contribution < -0.4 is 10.1 Å². The highest BCUT2D eigenvalue weighted by molar-refractivity contribution is 7.39. The zero-order valence-corrected chi connectivity index (χ0v) is 24.3. The average molecular weight is 568 g/mol. The first-order valence-corrected chi connectivity index (χ1v) is 14.8. The number of hydrogen-bond acceptors (Lipinski definition) is 7. The van der Waals surface area contributed by atoms with Gasteiger partial charge in [-0.05, 0) is 56.0 Å². The minimum absolute atomic E-state index is 0.00234. The molecule has 1 amide bonds. The third-order valence-electron chi connectivity index (χ3n) is 5.60.